The number of rotatable bonds is 4. The van der Waals surface area contributed by atoms with Crippen molar-refractivity contribution in [3.05, 3.63) is 180 Å². The molecule has 0 radical (unpaired) electrons. The highest BCUT2D eigenvalue weighted by Gasteiger charge is 2.61. The maximum Gasteiger partial charge on any atom is 0.0541 e. The first-order valence-corrected chi connectivity index (χ1v) is 21.4. The van der Waals surface area contributed by atoms with Gasteiger partial charge in [0.15, 0.2) is 0 Å². The van der Waals surface area contributed by atoms with Gasteiger partial charge in [0.25, 0.3) is 0 Å². The third kappa shape index (κ3) is 4.21. The smallest absolute Gasteiger partial charge is 0.0541 e. The largest absolute Gasteiger partial charge is 0.310 e. The lowest BCUT2D eigenvalue weighted by molar-refractivity contribution is -0.0399. The predicted molar refractivity (Wildman–Crippen MR) is 236 cm³/mol. The number of hydrogen-bond acceptors (Lipinski definition) is 1. The summed E-state index contributed by atoms with van der Waals surface area (Å²) in [5.41, 5.74) is 19.0. The molecule has 1 spiro atoms. The topological polar surface area (TPSA) is 8.17 Å². The first-order valence-electron chi connectivity index (χ1n) is 21.4. The van der Waals surface area contributed by atoms with Gasteiger partial charge in [-0.15, -0.1) is 0 Å². The van der Waals surface area contributed by atoms with Gasteiger partial charge in [-0.25, -0.2) is 0 Å². The lowest BCUT2D eigenvalue weighted by Crippen LogP contribution is -2.55. The highest BCUT2D eigenvalue weighted by molar-refractivity contribution is 6.09. The first-order chi connectivity index (χ1) is 28.0. The second kappa shape index (κ2) is 11.4. The summed E-state index contributed by atoms with van der Waals surface area (Å²) in [7, 11) is 0. The molecule has 276 valence electrons. The summed E-state index contributed by atoms with van der Waals surface area (Å²) in [5, 5.41) is 2.57. The second-order valence-electron chi connectivity index (χ2n) is 18.6. The van der Waals surface area contributed by atoms with Crippen LogP contribution in [-0.4, -0.2) is 4.57 Å². The quantitative estimate of drug-likeness (QED) is 0.175. The molecule has 4 bridgehead atoms. The Bertz CT molecular complexity index is 2900. The highest BCUT2D eigenvalue weighted by atomic mass is 15.1. The summed E-state index contributed by atoms with van der Waals surface area (Å²) in [6.45, 7) is 4.80. The molecule has 0 atom stereocenters. The third-order valence-electron chi connectivity index (χ3n) is 15.5. The molecule has 7 aromatic carbocycles. The number of aromatic nitrogens is 1. The lowest BCUT2D eigenvalue weighted by atomic mass is 9.43. The number of benzene rings is 7. The zero-order valence-corrected chi connectivity index (χ0v) is 32.8. The zero-order chi connectivity index (χ0) is 37.6. The second-order valence-corrected chi connectivity index (χ2v) is 18.6. The van der Waals surface area contributed by atoms with Gasteiger partial charge < -0.3 is 9.47 Å². The molecule has 1 heterocycles. The molecule has 57 heavy (non-hydrogen) atoms. The monoisotopic (exact) mass is 734 g/mol. The Morgan fingerprint density at radius 2 is 0.947 bits per heavy atom. The van der Waals surface area contributed by atoms with Crippen molar-refractivity contribution in [2.45, 2.75) is 56.8 Å². The van der Waals surface area contributed by atoms with E-state index >= 15 is 0 Å². The van der Waals surface area contributed by atoms with Crippen LogP contribution in [0, 0.1) is 23.7 Å². The van der Waals surface area contributed by atoms with E-state index in [-0.39, 0.29) is 10.8 Å². The first kappa shape index (κ1) is 32.2. The molecule has 2 heteroatoms. The zero-order valence-electron chi connectivity index (χ0n) is 32.8. The van der Waals surface area contributed by atoms with Gasteiger partial charge in [0, 0.05) is 44.4 Å². The lowest BCUT2D eigenvalue weighted by Gasteiger charge is -2.61. The van der Waals surface area contributed by atoms with Crippen LogP contribution >= 0.6 is 0 Å². The van der Waals surface area contributed by atoms with E-state index in [1.54, 1.807) is 11.1 Å². The number of para-hydroxylation sites is 2. The van der Waals surface area contributed by atoms with Crippen LogP contribution < -0.4 is 4.90 Å². The molecular weight excluding hydrogens is 689 g/mol. The molecule has 6 aliphatic carbocycles. The van der Waals surface area contributed by atoms with Gasteiger partial charge in [0.1, 0.15) is 0 Å². The van der Waals surface area contributed by atoms with E-state index in [4.69, 9.17) is 0 Å². The molecule has 2 nitrogen and oxygen atoms in total. The summed E-state index contributed by atoms with van der Waals surface area (Å²) in [5.74, 6) is 3.27. The van der Waals surface area contributed by atoms with E-state index in [2.05, 4.69) is 181 Å². The Morgan fingerprint density at radius 3 is 1.61 bits per heavy atom. The summed E-state index contributed by atoms with van der Waals surface area (Å²) in [6.07, 6.45) is 7.00. The van der Waals surface area contributed by atoms with Gasteiger partial charge >= 0.3 is 0 Å². The van der Waals surface area contributed by atoms with Crippen LogP contribution in [0.4, 0.5) is 17.1 Å². The molecule has 0 saturated heterocycles. The minimum absolute atomic E-state index is 0.0948. The summed E-state index contributed by atoms with van der Waals surface area (Å²) in [6, 6.07) is 60.4. The van der Waals surface area contributed by atoms with Gasteiger partial charge in [0.2, 0.25) is 0 Å². The van der Waals surface area contributed by atoms with Crippen LogP contribution in [-0.2, 0) is 10.8 Å². The summed E-state index contributed by atoms with van der Waals surface area (Å²) < 4.78 is 2.46. The number of hydrogen-bond donors (Lipinski definition) is 0. The van der Waals surface area contributed by atoms with Crippen molar-refractivity contribution in [2.24, 2.45) is 23.7 Å². The minimum atomic E-state index is -0.0948. The molecule has 1 aromatic heterocycles. The van der Waals surface area contributed by atoms with Crippen LogP contribution in [0.1, 0.15) is 68.2 Å². The van der Waals surface area contributed by atoms with Crippen molar-refractivity contribution in [3.63, 3.8) is 0 Å². The van der Waals surface area contributed by atoms with Crippen molar-refractivity contribution in [1.29, 1.82) is 0 Å². The molecule has 0 amide bonds. The van der Waals surface area contributed by atoms with Crippen molar-refractivity contribution in [2.75, 3.05) is 4.90 Å². The van der Waals surface area contributed by atoms with E-state index in [9.17, 15) is 0 Å². The van der Waals surface area contributed by atoms with E-state index < -0.39 is 0 Å². The normalized spacial score (nSPS) is 24.2. The molecule has 8 aromatic rings. The van der Waals surface area contributed by atoms with Gasteiger partial charge in [-0.2, -0.15) is 0 Å². The maximum atomic E-state index is 2.65. The fraction of sp³-hybridized carbons (Fsp3) is 0.236. The van der Waals surface area contributed by atoms with E-state index in [1.807, 2.05) is 0 Å². The molecule has 0 N–H and O–H groups in total. The molecule has 0 aliphatic heterocycles. The van der Waals surface area contributed by atoms with E-state index in [1.165, 1.54) is 110 Å². The molecular formula is C55H46N2. The van der Waals surface area contributed by atoms with Crippen molar-refractivity contribution >= 4 is 38.9 Å². The Morgan fingerprint density at radius 1 is 0.439 bits per heavy atom. The summed E-state index contributed by atoms with van der Waals surface area (Å²) >= 11 is 0. The van der Waals surface area contributed by atoms with Crippen LogP contribution in [0.15, 0.2) is 158 Å². The number of fused-ring (bicyclic) bond motifs is 9. The fourth-order valence-electron chi connectivity index (χ4n) is 13.5. The Kier molecular flexibility index (Phi) is 6.44. The van der Waals surface area contributed by atoms with Gasteiger partial charge in [-0.05, 0) is 155 Å². The Hall–Kier alpha value is -5.86. The van der Waals surface area contributed by atoms with Gasteiger partial charge in [-0.3, -0.25) is 0 Å². The summed E-state index contributed by atoms with van der Waals surface area (Å²) in [4.78, 5) is 2.57. The molecule has 14 rings (SSSR count). The predicted octanol–water partition coefficient (Wildman–Crippen LogP) is 14.3. The standard InChI is InChI=1S/C55H46N2/c1-54(2)48-18-7-3-14-42(48)44-24-22-40(32-50(44)54)56(38-12-11-13-39(31-38)57-52-20-9-5-16-46(52)47-17-6-10-21-53(47)57)41-23-25-45-43-15-4-8-19-49(43)55(51(45)33-41)36-27-34-26-35(29-36)30-37(55)28-34/h3-25,31-37H,26-30H2,1-2H3. The van der Waals surface area contributed by atoms with Crippen molar-refractivity contribution in [3.8, 4) is 27.9 Å². The molecule has 6 aliphatic rings. The van der Waals surface area contributed by atoms with Crippen molar-refractivity contribution in [1.82, 2.24) is 4.57 Å². The average molecular weight is 735 g/mol. The maximum absolute atomic E-state index is 2.65. The van der Waals surface area contributed by atoms with Crippen LogP contribution in [0.5, 0.6) is 0 Å². The van der Waals surface area contributed by atoms with Gasteiger partial charge in [0.05, 0.1) is 11.0 Å². The fourth-order valence-corrected chi connectivity index (χ4v) is 13.5. The van der Waals surface area contributed by atoms with Gasteiger partial charge in [-0.1, -0.05) is 117 Å². The third-order valence-corrected chi connectivity index (χ3v) is 15.5. The molecule has 4 fully saturated rings. The molecule has 0 unspecified atom stereocenters. The number of nitrogens with zero attached hydrogens (tertiary/aromatic N) is 2. The number of anilines is 3. The van der Waals surface area contributed by atoms with E-state index in [0.29, 0.717) is 0 Å². The van der Waals surface area contributed by atoms with Crippen LogP contribution in [0.3, 0.4) is 0 Å². The Labute approximate surface area is 335 Å². The highest BCUT2D eigenvalue weighted by Crippen LogP contribution is 2.69. The SMILES string of the molecule is CC1(C)c2ccccc2-c2ccc(N(c3cccc(-n4c5ccccc5c5ccccc54)c3)c3ccc4c(c3)C3(c5ccccc5-4)C4CC5CC(C4)CC3C5)cc21. The van der Waals surface area contributed by atoms with Crippen molar-refractivity contribution < 1.29 is 0 Å². The van der Waals surface area contributed by atoms with Crippen LogP contribution in [0.2, 0.25) is 0 Å². The Balaban J connectivity index is 1.04. The molecule has 4 saturated carbocycles. The average Bonchev–Trinajstić information content (AvgIpc) is 3.81. The van der Waals surface area contributed by atoms with Crippen LogP contribution in [0.25, 0.3) is 49.7 Å². The van der Waals surface area contributed by atoms with E-state index in [0.717, 1.165) is 23.7 Å². The minimum Gasteiger partial charge on any atom is -0.310 e.